The molecule has 1 aliphatic rings. The van der Waals surface area contributed by atoms with Crippen molar-refractivity contribution in [3.05, 3.63) is 35.9 Å². The van der Waals surface area contributed by atoms with Crippen LogP contribution in [-0.2, 0) is 0 Å². The van der Waals surface area contributed by atoms with Crippen LogP contribution in [0.4, 0.5) is 0 Å². The molecule has 0 saturated heterocycles. The molecular weight excluding hydrogens is 232 g/mol. The fourth-order valence-electron chi connectivity index (χ4n) is 3.14. The predicted molar refractivity (Wildman–Crippen MR) is 78.6 cm³/mol. The van der Waals surface area contributed by atoms with Gasteiger partial charge in [0, 0.05) is 12.1 Å². The minimum atomic E-state index is 0.170. The summed E-state index contributed by atoms with van der Waals surface area (Å²) in [6, 6.07) is 13.3. The van der Waals surface area contributed by atoms with Gasteiger partial charge in [0.15, 0.2) is 0 Å². The first-order valence-corrected chi connectivity index (χ1v) is 7.49. The maximum atomic E-state index is 9.03. The maximum absolute atomic E-state index is 9.03. The van der Waals surface area contributed by atoms with Gasteiger partial charge in [-0.25, -0.2) is 0 Å². The zero-order valence-electron chi connectivity index (χ0n) is 11.8. The first kappa shape index (κ1) is 14.1. The average molecular weight is 256 g/mol. The third-order valence-corrected chi connectivity index (χ3v) is 4.32. The molecule has 0 bridgehead atoms. The van der Waals surface area contributed by atoms with Crippen molar-refractivity contribution >= 4 is 0 Å². The van der Waals surface area contributed by atoms with E-state index in [4.69, 9.17) is 5.26 Å². The Morgan fingerprint density at radius 3 is 2.53 bits per heavy atom. The lowest BCUT2D eigenvalue weighted by molar-refractivity contribution is 0.265. The number of nitriles is 1. The summed E-state index contributed by atoms with van der Waals surface area (Å²) in [5.41, 5.74) is 1.23. The van der Waals surface area contributed by atoms with Crippen molar-refractivity contribution in [1.82, 2.24) is 5.32 Å². The van der Waals surface area contributed by atoms with Gasteiger partial charge in [-0.05, 0) is 31.2 Å². The minimum Gasteiger partial charge on any atom is -0.306 e. The Kier molecular flexibility index (Phi) is 5.42. The highest BCUT2D eigenvalue weighted by Gasteiger charge is 2.22. The Morgan fingerprint density at radius 1 is 1.21 bits per heavy atom. The largest absolute Gasteiger partial charge is 0.306 e. The van der Waals surface area contributed by atoms with E-state index in [9.17, 15) is 0 Å². The van der Waals surface area contributed by atoms with E-state index in [1.807, 2.05) is 18.2 Å². The Balaban J connectivity index is 1.98. The molecule has 1 aromatic carbocycles. The molecule has 0 spiro atoms. The van der Waals surface area contributed by atoms with Crippen LogP contribution in [-0.4, -0.2) is 6.04 Å². The summed E-state index contributed by atoms with van der Waals surface area (Å²) in [5, 5.41) is 12.7. The molecule has 1 saturated carbocycles. The zero-order valence-corrected chi connectivity index (χ0v) is 11.8. The third kappa shape index (κ3) is 4.08. The quantitative estimate of drug-likeness (QED) is 0.857. The molecule has 2 rings (SSSR count). The second-order valence-corrected chi connectivity index (χ2v) is 5.68. The summed E-state index contributed by atoms with van der Waals surface area (Å²) in [6.07, 6.45) is 7.34. The monoisotopic (exact) mass is 256 g/mol. The summed E-state index contributed by atoms with van der Waals surface area (Å²) < 4.78 is 0. The fourth-order valence-corrected chi connectivity index (χ4v) is 3.14. The van der Waals surface area contributed by atoms with Gasteiger partial charge in [0.25, 0.3) is 0 Å². The van der Waals surface area contributed by atoms with E-state index in [1.54, 1.807) is 0 Å². The van der Waals surface area contributed by atoms with Crippen LogP contribution < -0.4 is 5.32 Å². The van der Waals surface area contributed by atoms with Gasteiger partial charge in [-0.2, -0.15) is 5.26 Å². The van der Waals surface area contributed by atoms with Gasteiger partial charge in [0.1, 0.15) is 0 Å². The van der Waals surface area contributed by atoms with Crippen molar-refractivity contribution in [2.75, 3.05) is 0 Å². The van der Waals surface area contributed by atoms with Crippen LogP contribution >= 0.6 is 0 Å². The molecular formula is C17H24N2. The highest BCUT2D eigenvalue weighted by Crippen LogP contribution is 2.28. The van der Waals surface area contributed by atoms with Gasteiger partial charge in [0.05, 0.1) is 12.5 Å². The number of nitrogens with one attached hydrogen (secondary N) is 1. The molecule has 1 aromatic rings. The van der Waals surface area contributed by atoms with Gasteiger partial charge in [0.2, 0.25) is 0 Å². The van der Waals surface area contributed by atoms with E-state index >= 15 is 0 Å². The molecule has 0 radical (unpaired) electrons. The Bertz CT molecular complexity index is 401. The highest BCUT2D eigenvalue weighted by atomic mass is 15.0. The van der Waals surface area contributed by atoms with Gasteiger partial charge < -0.3 is 5.32 Å². The molecule has 19 heavy (non-hydrogen) atoms. The van der Waals surface area contributed by atoms with E-state index in [0.29, 0.717) is 12.5 Å². The lowest BCUT2D eigenvalue weighted by Gasteiger charge is -2.31. The van der Waals surface area contributed by atoms with Crippen molar-refractivity contribution in [3.8, 4) is 6.07 Å². The highest BCUT2D eigenvalue weighted by molar-refractivity contribution is 5.20. The Morgan fingerprint density at radius 2 is 1.89 bits per heavy atom. The molecule has 0 heterocycles. The molecule has 1 N–H and O–H groups in total. The molecule has 102 valence electrons. The lowest BCUT2D eigenvalue weighted by atomic mass is 9.84. The van der Waals surface area contributed by atoms with Crippen LogP contribution in [0, 0.1) is 17.2 Å². The fraction of sp³-hybridized carbons (Fsp3) is 0.588. The normalized spacial score (nSPS) is 19.6. The second-order valence-electron chi connectivity index (χ2n) is 5.68. The van der Waals surface area contributed by atoms with Crippen LogP contribution in [0.15, 0.2) is 30.3 Å². The van der Waals surface area contributed by atoms with E-state index in [-0.39, 0.29) is 6.04 Å². The second kappa shape index (κ2) is 7.31. The van der Waals surface area contributed by atoms with Crippen LogP contribution in [0.25, 0.3) is 0 Å². The number of benzene rings is 1. The third-order valence-electron chi connectivity index (χ3n) is 4.32. The van der Waals surface area contributed by atoms with Crippen molar-refractivity contribution in [3.63, 3.8) is 0 Å². The predicted octanol–water partition coefficient (Wildman–Crippen LogP) is 4.20. The molecule has 0 aromatic heterocycles. The average Bonchev–Trinajstić information content (AvgIpc) is 2.48. The molecule has 2 atom stereocenters. The van der Waals surface area contributed by atoms with Gasteiger partial charge in [-0.3, -0.25) is 0 Å². The van der Waals surface area contributed by atoms with Crippen LogP contribution in [0.1, 0.15) is 57.1 Å². The van der Waals surface area contributed by atoms with E-state index in [1.165, 1.54) is 37.7 Å². The number of nitrogens with zero attached hydrogens (tertiary/aromatic N) is 1. The van der Waals surface area contributed by atoms with Gasteiger partial charge in [-0.15, -0.1) is 0 Å². The van der Waals surface area contributed by atoms with Crippen molar-refractivity contribution in [1.29, 1.82) is 5.26 Å². The molecule has 0 aliphatic heterocycles. The van der Waals surface area contributed by atoms with Crippen LogP contribution in [0.2, 0.25) is 0 Å². The Labute approximate surface area is 116 Å². The molecule has 1 fully saturated rings. The van der Waals surface area contributed by atoms with E-state index in [2.05, 4.69) is 30.4 Å². The van der Waals surface area contributed by atoms with E-state index < -0.39 is 0 Å². The molecule has 2 nitrogen and oxygen atoms in total. The maximum Gasteiger partial charge on any atom is 0.0641 e. The standard InChI is InChI=1S/C17H24N2/c1-14(15-8-4-2-5-9-15)19-17(12-13-18)16-10-6-3-7-11-16/h3,6-7,10-11,14-15,17,19H,2,4-5,8-9,12H2,1H3/t14-,17?/m1/s1. The minimum absolute atomic E-state index is 0.170. The molecule has 0 amide bonds. The van der Waals surface area contributed by atoms with Crippen molar-refractivity contribution in [2.24, 2.45) is 5.92 Å². The van der Waals surface area contributed by atoms with E-state index in [0.717, 1.165) is 5.92 Å². The number of rotatable bonds is 5. The summed E-state index contributed by atoms with van der Waals surface area (Å²) in [6.45, 7) is 2.28. The van der Waals surface area contributed by atoms with Crippen LogP contribution in [0.3, 0.4) is 0 Å². The molecule has 2 heteroatoms. The Hall–Kier alpha value is -1.33. The van der Waals surface area contributed by atoms with Crippen molar-refractivity contribution in [2.45, 2.75) is 57.5 Å². The number of hydrogen-bond donors (Lipinski definition) is 1. The summed E-state index contributed by atoms with van der Waals surface area (Å²) in [5.74, 6) is 0.777. The van der Waals surface area contributed by atoms with Crippen molar-refractivity contribution < 1.29 is 0 Å². The van der Waals surface area contributed by atoms with Gasteiger partial charge >= 0.3 is 0 Å². The SMILES string of the molecule is C[C@@H](NC(CC#N)c1ccccc1)C1CCCCC1. The summed E-state index contributed by atoms with van der Waals surface area (Å²) in [4.78, 5) is 0. The topological polar surface area (TPSA) is 35.8 Å². The first-order valence-electron chi connectivity index (χ1n) is 7.49. The summed E-state index contributed by atoms with van der Waals surface area (Å²) >= 11 is 0. The first-order chi connectivity index (χ1) is 9.31. The zero-order chi connectivity index (χ0) is 13.5. The van der Waals surface area contributed by atoms with Gasteiger partial charge in [-0.1, -0.05) is 49.6 Å². The van der Waals surface area contributed by atoms with Crippen LogP contribution in [0.5, 0.6) is 0 Å². The molecule has 1 aliphatic carbocycles. The molecule has 1 unspecified atom stereocenters. The summed E-state index contributed by atoms with van der Waals surface area (Å²) in [7, 11) is 0. The number of hydrogen-bond acceptors (Lipinski definition) is 2. The smallest absolute Gasteiger partial charge is 0.0641 e. The lowest BCUT2D eigenvalue weighted by Crippen LogP contribution is -2.37.